The van der Waals surface area contributed by atoms with Crippen molar-refractivity contribution in [2.45, 2.75) is 4.90 Å². The van der Waals surface area contributed by atoms with Crippen LogP contribution in [0.15, 0.2) is 51.9 Å². The van der Waals surface area contributed by atoms with Gasteiger partial charge in [0.15, 0.2) is 0 Å². The quantitative estimate of drug-likeness (QED) is 0.655. The Kier molecular flexibility index (Phi) is 2.07. The molecule has 0 saturated carbocycles. The SMILES string of the molecule is C1=CN2C(=CCSc3ccccc32)S1. The van der Waals surface area contributed by atoms with E-state index in [0.717, 1.165) is 5.75 Å². The van der Waals surface area contributed by atoms with E-state index in [2.05, 4.69) is 46.8 Å². The number of nitrogens with zero attached hydrogens (tertiary/aromatic N) is 1. The maximum atomic E-state index is 2.29. The van der Waals surface area contributed by atoms with Gasteiger partial charge >= 0.3 is 0 Å². The van der Waals surface area contributed by atoms with E-state index in [4.69, 9.17) is 0 Å². The third kappa shape index (κ3) is 1.28. The minimum Gasteiger partial charge on any atom is -0.310 e. The Labute approximate surface area is 91.9 Å². The molecular weight excluding hydrogens is 210 g/mol. The van der Waals surface area contributed by atoms with Gasteiger partial charge in [0.2, 0.25) is 0 Å². The van der Waals surface area contributed by atoms with Crippen molar-refractivity contribution in [1.29, 1.82) is 0 Å². The highest BCUT2D eigenvalue weighted by molar-refractivity contribution is 8.06. The van der Waals surface area contributed by atoms with Gasteiger partial charge in [-0.25, -0.2) is 0 Å². The van der Waals surface area contributed by atoms with Crippen LogP contribution in [0.25, 0.3) is 0 Å². The third-order valence-corrected chi connectivity index (χ3v) is 4.11. The molecule has 1 aromatic rings. The molecule has 0 atom stereocenters. The summed E-state index contributed by atoms with van der Waals surface area (Å²) in [6.45, 7) is 0. The number of thioether (sulfide) groups is 2. The number of para-hydroxylation sites is 1. The zero-order valence-electron chi connectivity index (χ0n) is 7.51. The Balaban J connectivity index is 2.15. The summed E-state index contributed by atoms with van der Waals surface area (Å²) >= 11 is 3.70. The van der Waals surface area contributed by atoms with Gasteiger partial charge in [0.05, 0.1) is 10.7 Å². The molecule has 2 aliphatic rings. The van der Waals surface area contributed by atoms with Crippen LogP contribution in [0.1, 0.15) is 0 Å². The van der Waals surface area contributed by atoms with Gasteiger partial charge in [-0.3, -0.25) is 0 Å². The first-order valence-electron chi connectivity index (χ1n) is 4.50. The summed E-state index contributed by atoms with van der Waals surface area (Å²) in [6.07, 6.45) is 4.43. The Hall–Kier alpha value is -0.800. The predicted octanol–water partition coefficient (Wildman–Crippen LogP) is 3.66. The summed E-state index contributed by atoms with van der Waals surface area (Å²) in [4.78, 5) is 3.63. The molecule has 0 amide bonds. The second-order valence-electron chi connectivity index (χ2n) is 3.09. The van der Waals surface area contributed by atoms with E-state index in [1.807, 2.05) is 11.8 Å². The standard InChI is InChI=1S/C11H9NS2/c1-2-4-10-9(3-1)12-6-8-14-11(12)5-7-13-10/h1-6,8H,7H2. The second-order valence-corrected chi connectivity index (χ2v) is 5.08. The molecule has 0 aliphatic carbocycles. The van der Waals surface area contributed by atoms with Gasteiger partial charge < -0.3 is 4.90 Å². The zero-order valence-corrected chi connectivity index (χ0v) is 9.15. The lowest BCUT2D eigenvalue weighted by Crippen LogP contribution is -2.08. The van der Waals surface area contributed by atoms with Crippen molar-refractivity contribution in [2.75, 3.05) is 10.7 Å². The van der Waals surface area contributed by atoms with Gasteiger partial charge in [-0.2, -0.15) is 0 Å². The minimum absolute atomic E-state index is 1.07. The van der Waals surface area contributed by atoms with Crippen LogP contribution < -0.4 is 4.90 Å². The first-order chi connectivity index (χ1) is 6.95. The van der Waals surface area contributed by atoms with E-state index < -0.39 is 0 Å². The molecule has 0 spiro atoms. The van der Waals surface area contributed by atoms with Crippen molar-refractivity contribution in [3.05, 3.63) is 47.0 Å². The molecule has 2 aliphatic heterocycles. The van der Waals surface area contributed by atoms with Crippen LogP contribution in [-0.2, 0) is 0 Å². The topological polar surface area (TPSA) is 3.24 Å². The highest BCUT2D eigenvalue weighted by Gasteiger charge is 2.19. The fourth-order valence-electron chi connectivity index (χ4n) is 1.62. The van der Waals surface area contributed by atoms with E-state index in [1.165, 1.54) is 15.6 Å². The molecule has 2 heterocycles. The largest absolute Gasteiger partial charge is 0.310 e. The maximum absolute atomic E-state index is 2.29. The van der Waals surface area contributed by atoms with Gasteiger partial charge in [0.25, 0.3) is 0 Å². The van der Waals surface area contributed by atoms with Crippen LogP contribution in [0, 0.1) is 0 Å². The highest BCUT2D eigenvalue weighted by atomic mass is 32.2. The lowest BCUT2D eigenvalue weighted by molar-refractivity contribution is 1.23. The number of hydrogen-bond donors (Lipinski definition) is 0. The molecule has 14 heavy (non-hydrogen) atoms. The van der Waals surface area contributed by atoms with Crippen LogP contribution in [-0.4, -0.2) is 5.75 Å². The summed E-state index contributed by atoms with van der Waals surface area (Å²) in [5, 5.41) is 3.47. The molecule has 0 fully saturated rings. The van der Waals surface area contributed by atoms with Crippen LogP contribution in [0.3, 0.4) is 0 Å². The Morgan fingerprint density at radius 2 is 2.14 bits per heavy atom. The molecule has 0 unspecified atom stereocenters. The molecule has 0 bridgehead atoms. The highest BCUT2D eigenvalue weighted by Crippen LogP contribution is 2.41. The second kappa shape index (κ2) is 3.41. The maximum Gasteiger partial charge on any atom is 0.0804 e. The van der Waals surface area contributed by atoms with Crippen LogP contribution >= 0.6 is 23.5 Å². The van der Waals surface area contributed by atoms with Crippen molar-refractivity contribution in [3.8, 4) is 0 Å². The van der Waals surface area contributed by atoms with Gasteiger partial charge in [-0.05, 0) is 23.6 Å². The fraction of sp³-hybridized carbons (Fsp3) is 0.0909. The van der Waals surface area contributed by atoms with Gasteiger partial charge in [0.1, 0.15) is 0 Å². The van der Waals surface area contributed by atoms with Crippen LogP contribution in [0.5, 0.6) is 0 Å². The molecule has 0 aromatic heterocycles. The average molecular weight is 219 g/mol. The van der Waals surface area contributed by atoms with E-state index in [0.29, 0.717) is 0 Å². The van der Waals surface area contributed by atoms with E-state index in [9.17, 15) is 0 Å². The van der Waals surface area contributed by atoms with E-state index in [-0.39, 0.29) is 0 Å². The molecule has 1 aromatic carbocycles. The zero-order chi connectivity index (χ0) is 9.38. The summed E-state index contributed by atoms with van der Waals surface area (Å²) in [5.41, 5.74) is 1.31. The van der Waals surface area contributed by atoms with Crippen molar-refractivity contribution in [1.82, 2.24) is 0 Å². The summed E-state index contributed by atoms with van der Waals surface area (Å²) in [7, 11) is 0. The van der Waals surface area contributed by atoms with Crippen molar-refractivity contribution in [3.63, 3.8) is 0 Å². The van der Waals surface area contributed by atoms with Crippen LogP contribution in [0.2, 0.25) is 0 Å². The Bertz CT molecular complexity index is 423. The van der Waals surface area contributed by atoms with Crippen molar-refractivity contribution in [2.24, 2.45) is 0 Å². The number of hydrogen-bond acceptors (Lipinski definition) is 3. The Morgan fingerprint density at radius 1 is 1.21 bits per heavy atom. The number of fused-ring (bicyclic) bond motifs is 3. The molecular formula is C11H9NS2. The molecule has 0 N–H and O–H groups in total. The molecule has 1 nitrogen and oxygen atoms in total. The number of benzene rings is 1. The van der Waals surface area contributed by atoms with Gasteiger partial charge in [0, 0.05) is 16.8 Å². The van der Waals surface area contributed by atoms with Crippen molar-refractivity contribution < 1.29 is 0 Å². The van der Waals surface area contributed by atoms with Crippen molar-refractivity contribution >= 4 is 29.2 Å². The lowest BCUT2D eigenvalue weighted by atomic mass is 10.3. The summed E-state index contributed by atoms with van der Waals surface area (Å²) in [5.74, 6) is 1.07. The third-order valence-electron chi connectivity index (χ3n) is 2.26. The molecule has 70 valence electrons. The fourth-order valence-corrected chi connectivity index (χ4v) is 3.41. The monoisotopic (exact) mass is 219 g/mol. The number of anilines is 1. The molecule has 0 radical (unpaired) electrons. The lowest BCUT2D eigenvalue weighted by Gasteiger charge is -2.17. The summed E-state index contributed by atoms with van der Waals surface area (Å²) in [6, 6.07) is 8.56. The molecule has 3 rings (SSSR count). The van der Waals surface area contributed by atoms with Gasteiger partial charge in [-0.15, -0.1) is 11.8 Å². The Morgan fingerprint density at radius 3 is 3.14 bits per heavy atom. The van der Waals surface area contributed by atoms with Crippen LogP contribution in [0.4, 0.5) is 5.69 Å². The van der Waals surface area contributed by atoms with E-state index >= 15 is 0 Å². The normalized spacial score (nSPS) is 18.6. The smallest absolute Gasteiger partial charge is 0.0804 e. The first kappa shape index (κ1) is 8.50. The predicted molar refractivity (Wildman–Crippen MR) is 64.5 cm³/mol. The minimum atomic E-state index is 1.07. The average Bonchev–Trinajstić information content (AvgIpc) is 2.61. The molecule has 0 saturated heterocycles. The number of rotatable bonds is 0. The van der Waals surface area contributed by atoms with Gasteiger partial charge in [-0.1, -0.05) is 23.9 Å². The first-order valence-corrected chi connectivity index (χ1v) is 6.36. The molecule has 3 heteroatoms. The van der Waals surface area contributed by atoms with E-state index in [1.54, 1.807) is 11.8 Å². The summed E-state index contributed by atoms with van der Waals surface area (Å²) < 4.78 is 0.